The average molecular weight is 331 g/mol. The highest BCUT2D eigenvalue weighted by molar-refractivity contribution is 7.13. The Hall–Kier alpha value is -2.61. The van der Waals surface area contributed by atoms with Gasteiger partial charge in [0.2, 0.25) is 0 Å². The lowest BCUT2D eigenvalue weighted by Crippen LogP contribution is -2.27. The molecule has 0 fully saturated rings. The van der Waals surface area contributed by atoms with Crippen molar-refractivity contribution in [1.82, 2.24) is 25.1 Å². The number of aryl methyl sites for hydroxylation is 1. The van der Waals surface area contributed by atoms with Gasteiger partial charge in [-0.15, -0.1) is 21.5 Å². The number of carbonyl (C=O) groups excluding carboxylic acids is 1. The molecule has 1 aromatic carbocycles. The van der Waals surface area contributed by atoms with Crippen molar-refractivity contribution >= 4 is 17.2 Å². The van der Waals surface area contributed by atoms with Crippen molar-refractivity contribution in [3.8, 4) is 10.6 Å². The van der Waals surface area contributed by atoms with Gasteiger partial charge in [0.1, 0.15) is 28.7 Å². The molecule has 0 unspecified atom stereocenters. The van der Waals surface area contributed by atoms with Crippen LogP contribution in [0, 0.1) is 12.7 Å². The molecule has 1 amide bonds. The molecule has 6 nitrogen and oxygen atoms in total. The first-order valence-corrected chi connectivity index (χ1v) is 7.85. The highest BCUT2D eigenvalue weighted by atomic mass is 32.1. The van der Waals surface area contributed by atoms with E-state index in [0.29, 0.717) is 23.8 Å². The molecule has 2 aromatic heterocycles. The van der Waals surface area contributed by atoms with Crippen molar-refractivity contribution in [1.29, 1.82) is 0 Å². The maximum atomic E-state index is 12.9. The number of carbonyl (C=O) groups is 1. The number of thiazole rings is 1. The summed E-state index contributed by atoms with van der Waals surface area (Å²) in [4.78, 5) is 16.4. The number of aromatic nitrogens is 4. The van der Waals surface area contributed by atoms with E-state index in [4.69, 9.17) is 0 Å². The molecule has 2 heterocycles. The van der Waals surface area contributed by atoms with Gasteiger partial charge in [-0.3, -0.25) is 4.79 Å². The third-order valence-electron chi connectivity index (χ3n) is 3.28. The van der Waals surface area contributed by atoms with Gasteiger partial charge in [0.05, 0.1) is 0 Å². The van der Waals surface area contributed by atoms with Crippen LogP contribution in [0.1, 0.15) is 16.3 Å². The van der Waals surface area contributed by atoms with E-state index in [1.807, 2.05) is 11.5 Å². The summed E-state index contributed by atoms with van der Waals surface area (Å²) >= 11 is 1.35. The van der Waals surface area contributed by atoms with Crippen molar-refractivity contribution in [3.05, 3.63) is 53.3 Å². The molecule has 3 rings (SSSR count). The van der Waals surface area contributed by atoms with Gasteiger partial charge in [-0.05, 0) is 31.2 Å². The van der Waals surface area contributed by atoms with Gasteiger partial charge in [-0.25, -0.2) is 9.37 Å². The second-order valence-corrected chi connectivity index (χ2v) is 5.73. The molecule has 0 aliphatic heterocycles. The zero-order valence-corrected chi connectivity index (χ0v) is 13.2. The van der Waals surface area contributed by atoms with Gasteiger partial charge in [-0.1, -0.05) is 0 Å². The molecule has 0 radical (unpaired) electrons. The van der Waals surface area contributed by atoms with E-state index in [1.165, 1.54) is 23.5 Å². The maximum absolute atomic E-state index is 12.9. The number of nitrogens with one attached hydrogen (secondary N) is 1. The lowest BCUT2D eigenvalue weighted by molar-refractivity contribution is 0.0948. The molecule has 0 aliphatic rings. The Balaban J connectivity index is 1.60. The van der Waals surface area contributed by atoms with Crippen molar-refractivity contribution in [2.24, 2.45) is 0 Å². The van der Waals surface area contributed by atoms with Crippen LogP contribution >= 0.6 is 11.3 Å². The van der Waals surface area contributed by atoms with Crippen LogP contribution in [0.15, 0.2) is 36.0 Å². The van der Waals surface area contributed by atoms with E-state index in [2.05, 4.69) is 20.5 Å². The monoisotopic (exact) mass is 331 g/mol. The summed E-state index contributed by atoms with van der Waals surface area (Å²) in [6.07, 6.45) is 1.62. The van der Waals surface area contributed by atoms with Crippen LogP contribution in [-0.4, -0.2) is 32.2 Å². The first-order valence-electron chi connectivity index (χ1n) is 6.97. The Morgan fingerprint density at radius 1 is 1.35 bits per heavy atom. The maximum Gasteiger partial charge on any atom is 0.270 e. The van der Waals surface area contributed by atoms with Gasteiger partial charge >= 0.3 is 0 Å². The molecule has 23 heavy (non-hydrogen) atoms. The number of hydrogen-bond donors (Lipinski definition) is 1. The summed E-state index contributed by atoms with van der Waals surface area (Å²) in [6, 6.07) is 6.03. The molecule has 1 N–H and O–H groups in total. The van der Waals surface area contributed by atoms with Crippen LogP contribution in [-0.2, 0) is 6.54 Å². The first kappa shape index (κ1) is 15.3. The van der Waals surface area contributed by atoms with E-state index < -0.39 is 0 Å². The predicted octanol–water partition coefficient (Wildman–Crippen LogP) is 2.28. The van der Waals surface area contributed by atoms with Crippen LogP contribution in [0.2, 0.25) is 0 Å². The summed E-state index contributed by atoms with van der Waals surface area (Å²) in [6.45, 7) is 2.91. The van der Waals surface area contributed by atoms with Crippen molar-refractivity contribution < 1.29 is 9.18 Å². The number of amides is 1. The lowest BCUT2D eigenvalue weighted by Gasteiger charge is -2.05. The smallest absolute Gasteiger partial charge is 0.270 e. The molecule has 0 atom stereocenters. The first-order chi connectivity index (χ1) is 11.1. The summed E-state index contributed by atoms with van der Waals surface area (Å²) < 4.78 is 14.8. The number of rotatable bonds is 5. The zero-order chi connectivity index (χ0) is 16.2. The van der Waals surface area contributed by atoms with Crippen LogP contribution in [0.5, 0.6) is 0 Å². The lowest BCUT2D eigenvalue weighted by atomic mass is 10.2. The largest absolute Gasteiger partial charge is 0.349 e. The van der Waals surface area contributed by atoms with Crippen LogP contribution < -0.4 is 5.32 Å². The SMILES string of the molecule is Cc1nncn1CCNC(=O)c1csc(-c2ccc(F)cc2)n1. The highest BCUT2D eigenvalue weighted by Gasteiger charge is 2.11. The third-order valence-corrected chi connectivity index (χ3v) is 4.17. The quantitative estimate of drug-likeness (QED) is 0.778. The van der Waals surface area contributed by atoms with E-state index in [0.717, 1.165) is 11.4 Å². The fourth-order valence-corrected chi connectivity index (χ4v) is 2.82. The Bertz CT molecular complexity index is 811. The van der Waals surface area contributed by atoms with Crippen LogP contribution in [0.3, 0.4) is 0 Å². The number of hydrogen-bond acceptors (Lipinski definition) is 5. The highest BCUT2D eigenvalue weighted by Crippen LogP contribution is 2.23. The minimum absolute atomic E-state index is 0.236. The Kier molecular flexibility index (Phi) is 4.42. The Labute approximate surface area is 136 Å². The number of nitrogens with zero attached hydrogens (tertiary/aromatic N) is 4. The Morgan fingerprint density at radius 3 is 2.83 bits per heavy atom. The van der Waals surface area contributed by atoms with Gasteiger partial charge < -0.3 is 9.88 Å². The van der Waals surface area contributed by atoms with Crippen LogP contribution in [0.25, 0.3) is 10.6 Å². The van der Waals surface area contributed by atoms with Crippen molar-refractivity contribution in [3.63, 3.8) is 0 Å². The zero-order valence-electron chi connectivity index (χ0n) is 12.4. The van der Waals surface area contributed by atoms with E-state index in [-0.39, 0.29) is 11.7 Å². The minimum atomic E-state index is -0.299. The van der Waals surface area contributed by atoms with E-state index >= 15 is 0 Å². The van der Waals surface area contributed by atoms with Gasteiger partial charge in [0.25, 0.3) is 5.91 Å². The molecule has 3 aromatic rings. The Morgan fingerprint density at radius 2 is 2.13 bits per heavy atom. The van der Waals surface area contributed by atoms with Crippen molar-refractivity contribution in [2.75, 3.05) is 6.54 Å². The van der Waals surface area contributed by atoms with Gasteiger partial charge in [0, 0.05) is 24.0 Å². The topological polar surface area (TPSA) is 72.7 Å². The molecule has 0 saturated heterocycles. The van der Waals surface area contributed by atoms with Gasteiger partial charge in [0.15, 0.2) is 0 Å². The summed E-state index contributed by atoms with van der Waals surface area (Å²) in [7, 11) is 0. The molecule has 0 aliphatic carbocycles. The molecular weight excluding hydrogens is 317 g/mol. The minimum Gasteiger partial charge on any atom is -0.349 e. The summed E-state index contributed by atoms with van der Waals surface area (Å²) in [5.41, 5.74) is 1.14. The standard InChI is InChI=1S/C15H14FN5OS/c1-10-20-18-9-21(10)7-6-17-14(22)13-8-23-15(19-13)11-2-4-12(16)5-3-11/h2-5,8-9H,6-7H2,1H3,(H,17,22). The normalized spacial score (nSPS) is 10.7. The summed E-state index contributed by atoms with van der Waals surface area (Å²) in [5.74, 6) is 0.263. The molecule has 8 heteroatoms. The second-order valence-electron chi connectivity index (χ2n) is 4.87. The molecule has 0 saturated carbocycles. The van der Waals surface area contributed by atoms with E-state index in [1.54, 1.807) is 23.8 Å². The second kappa shape index (κ2) is 6.66. The van der Waals surface area contributed by atoms with Crippen molar-refractivity contribution in [2.45, 2.75) is 13.5 Å². The molecular formula is C15H14FN5OS. The van der Waals surface area contributed by atoms with Gasteiger partial charge in [-0.2, -0.15) is 0 Å². The molecule has 0 bridgehead atoms. The fraction of sp³-hybridized carbons (Fsp3) is 0.200. The number of halogens is 1. The molecule has 0 spiro atoms. The average Bonchev–Trinajstić information content (AvgIpc) is 3.18. The molecule has 118 valence electrons. The third kappa shape index (κ3) is 3.59. The van der Waals surface area contributed by atoms with E-state index in [9.17, 15) is 9.18 Å². The van der Waals surface area contributed by atoms with Crippen LogP contribution in [0.4, 0.5) is 4.39 Å². The fourth-order valence-electron chi connectivity index (χ4n) is 2.02. The number of benzene rings is 1. The predicted molar refractivity (Wildman–Crippen MR) is 84.6 cm³/mol. The summed E-state index contributed by atoms with van der Waals surface area (Å²) in [5, 5.41) is 12.8.